The van der Waals surface area contributed by atoms with Crippen LogP contribution < -0.4 is 5.32 Å². The Balaban J connectivity index is 2.20. The van der Waals surface area contributed by atoms with E-state index in [0.717, 1.165) is 18.4 Å². The molecule has 0 aliphatic heterocycles. The maximum absolute atomic E-state index is 11.6. The van der Waals surface area contributed by atoms with Gasteiger partial charge >= 0.3 is 0 Å². The third-order valence-electron chi connectivity index (χ3n) is 2.91. The van der Waals surface area contributed by atoms with E-state index in [0.29, 0.717) is 13.0 Å². The van der Waals surface area contributed by atoms with Gasteiger partial charge in [-0.15, -0.1) is 11.8 Å². The van der Waals surface area contributed by atoms with Gasteiger partial charge in [-0.3, -0.25) is 4.79 Å². The van der Waals surface area contributed by atoms with Crippen LogP contribution in [0, 0.1) is 0 Å². The molecule has 3 heteroatoms. The van der Waals surface area contributed by atoms with Gasteiger partial charge in [0.25, 0.3) is 0 Å². The molecule has 100 valence electrons. The fourth-order valence-corrected chi connectivity index (χ4v) is 2.15. The number of unbranched alkanes of at least 4 members (excludes halogenated alkanes) is 3. The highest BCUT2D eigenvalue weighted by molar-refractivity contribution is 7.98. The molecule has 1 aromatic carbocycles. The summed E-state index contributed by atoms with van der Waals surface area (Å²) in [6.45, 7) is 2.82. The quantitative estimate of drug-likeness (QED) is 0.568. The molecule has 2 nitrogen and oxygen atoms in total. The molecule has 1 amide bonds. The summed E-state index contributed by atoms with van der Waals surface area (Å²) in [6, 6.07) is 8.33. The number of hydrogen-bond donors (Lipinski definition) is 1. The Morgan fingerprint density at radius 1 is 1.17 bits per heavy atom. The van der Waals surface area contributed by atoms with Crippen LogP contribution in [0.5, 0.6) is 0 Å². The first kappa shape index (κ1) is 15.1. The molecule has 0 radical (unpaired) electrons. The third-order valence-corrected chi connectivity index (χ3v) is 3.65. The molecule has 1 aromatic rings. The lowest BCUT2D eigenvalue weighted by Crippen LogP contribution is -2.22. The summed E-state index contributed by atoms with van der Waals surface area (Å²) in [5.41, 5.74) is 1.16. The summed E-state index contributed by atoms with van der Waals surface area (Å²) >= 11 is 1.73. The minimum Gasteiger partial charge on any atom is -0.352 e. The van der Waals surface area contributed by atoms with Gasteiger partial charge in [0.15, 0.2) is 0 Å². The van der Waals surface area contributed by atoms with Gasteiger partial charge in [0.2, 0.25) is 5.91 Å². The van der Waals surface area contributed by atoms with Crippen LogP contribution in [0.25, 0.3) is 0 Å². The first-order valence-corrected chi connectivity index (χ1v) is 7.88. The number of benzene rings is 1. The van der Waals surface area contributed by atoms with Crippen molar-refractivity contribution >= 4 is 17.7 Å². The van der Waals surface area contributed by atoms with Crippen LogP contribution >= 0.6 is 11.8 Å². The lowest BCUT2D eigenvalue weighted by molar-refractivity contribution is -0.121. The van der Waals surface area contributed by atoms with E-state index in [1.165, 1.54) is 17.7 Å². The van der Waals surface area contributed by atoms with E-state index < -0.39 is 0 Å². The van der Waals surface area contributed by atoms with Crippen LogP contribution in [0.1, 0.15) is 44.6 Å². The first-order valence-electron chi connectivity index (χ1n) is 6.66. The highest BCUT2D eigenvalue weighted by atomic mass is 32.2. The Morgan fingerprint density at radius 2 is 1.89 bits per heavy atom. The molecule has 0 unspecified atom stereocenters. The van der Waals surface area contributed by atoms with E-state index in [1.807, 2.05) is 0 Å². The minimum atomic E-state index is 0.167. The predicted octanol–water partition coefficient (Wildman–Crippen LogP) is 4.00. The molecule has 0 heterocycles. The van der Waals surface area contributed by atoms with Gasteiger partial charge in [-0.05, 0) is 30.4 Å². The number of carbonyl (C=O) groups is 1. The van der Waals surface area contributed by atoms with Crippen molar-refractivity contribution in [2.75, 3.05) is 6.26 Å². The van der Waals surface area contributed by atoms with Crippen molar-refractivity contribution in [3.8, 4) is 0 Å². The summed E-state index contributed by atoms with van der Waals surface area (Å²) in [5, 5.41) is 2.97. The Bertz CT molecular complexity index is 348. The lowest BCUT2D eigenvalue weighted by Gasteiger charge is -2.06. The zero-order chi connectivity index (χ0) is 13.2. The number of carbonyl (C=O) groups excluding carboxylic acids is 1. The Hall–Kier alpha value is -0.960. The number of hydrogen-bond acceptors (Lipinski definition) is 2. The molecule has 18 heavy (non-hydrogen) atoms. The van der Waals surface area contributed by atoms with Gasteiger partial charge < -0.3 is 5.32 Å². The number of nitrogens with one attached hydrogen (secondary N) is 1. The fraction of sp³-hybridized carbons (Fsp3) is 0.533. The summed E-state index contributed by atoms with van der Waals surface area (Å²) in [4.78, 5) is 12.8. The van der Waals surface area contributed by atoms with Crippen molar-refractivity contribution in [1.82, 2.24) is 5.32 Å². The molecule has 0 spiro atoms. The second-order valence-electron chi connectivity index (χ2n) is 4.44. The molecule has 0 fully saturated rings. The van der Waals surface area contributed by atoms with Crippen LogP contribution in [0.4, 0.5) is 0 Å². The predicted molar refractivity (Wildman–Crippen MR) is 78.8 cm³/mol. The highest BCUT2D eigenvalue weighted by Crippen LogP contribution is 2.14. The standard InChI is InChI=1S/C15H23NOS/c1-3-4-5-6-7-15(17)16-12-13-8-10-14(18-2)11-9-13/h8-11H,3-7,12H2,1-2H3,(H,16,17). The summed E-state index contributed by atoms with van der Waals surface area (Å²) < 4.78 is 0. The van der Waals surface area contributed by atoms with E-state index >= 15 is 0 Å². The van der Waals surface area contributed by atoms with Gasteiger partial charge in [-0.2, -0.15) is 0 Å². The number of amides is 1. The maximum Gasteiger partial charge on any atom is 0.220 e. The lowest BCUT2D eigenvalue weighted by atomic mass is 10.1. The van der Waals surface area contributed by atoms with E-state index in [9.17, 15) is 4.79 Å². The van der Waals surface area contributed by atoms with E-state index in [2.05, 4.69) is 42.8 Å². The maximum atomic E-state index is 11.6. The zero-order valence-corrected chi connectivity index (χ0v) is 12.2. The molecular formula is C15H23NOS. The molecule has 0 saturated heterocycles. The summed E-state index contributed by atoms with van der Waals surface area (Å²) in [6.07, 6.45) is 7.32. The molecule has 0 bridgehead atoms. The van der Waals surface area contributed by atoms with Crippen molar-refractivity contribution in [3.63, 3.8) is 0 Å². The largest absolute Gasteiger partial charge is 0.352 e. The number of thioether (sulfide) groups is 1. The van der Waals surface area contributed by atoms with Gasteiger partial charge in [0.1, 0.15) is 0 Å². The van der Waals surface area contributed by atoms with E-state index in [4.69, 9.17) is 0 Å². The molecule has 0 aromatic heterocycles. The number of rotatable bonds is 8. The van der Waals surface area contributed by atoms with Crippen LogP contribution in [-0.4, -0.2) is 12.2 Å². The van der Waals surface area contributed by atoms with Crippen molar-refractivity contribution < 1.29 is 4.79 Å². The Kier molecular flexibility index (Phi) is 7.58. The molecule has 1 rings (SSSR count). The van der Waals surface area contributed by atoms with Gasteiger partial charge in [-0.25, -0.2) is 0 Å². The third kappa shape index (κ3) is 6.10. The normalized spacial score (nSPS) is 10.3. The van der Waals surface area contributed by atoms with Gasteiger partial charge in [0.05, 0.1) is 0 Å². The Morgan fingerprint density at radius 3 is 2.50 bits per heavy atom. The summed E-state index contributed by atoms with van der Waals surface area (Å²) in [5.74, 6) is 0.167. The molecule has 0 aliphatic carbocycles. The zero-order valence-electron chi connectivity index (χ0n) is 11.4. The van der Waals surface area contributed by atoms with Gasteiger partial charge in [0, 0.05) is 17.9 Å². The SMILES string of the molecule is CCCCCCC(=O)NCc1ccc(SC)cc1. The van der Waals surface area contributed by atoms with E-state index in [-0.39, 0.29) is 5.91 Å². The summed E-state index contributed by atoms with van der Waals surface area (Å²) in [7, 11) is 0. The Labute approximate surface area is 115 Å². The smallest absolute Gasteiger partial charge is 0.220 e. The van der Waals surface area contributed by atoms with Crippen LogP contribution in [0.2, 0.25) is 0 Å². The van der Waals surface area contributed by atoms with Crippen LogP contribution in [0.15, 0.2) is 29.2 Å². The minimum absolute atomic E-state index is 0.167. The highest BCUT2D eigenvalue weighted by Gasteiger charge is 2.01. The van der Waals surface area contributed by atoms with Gasteiger partial charge in [-0.1, -0.05) is 38.3 Å². The fourth-order valence-electron chi connectivity index (χ4n) is 1.74. The second-order valence-corrected chi connectivity index (χ2v) is 5.32. The molecule has 0 aliphatic rings. The van der Waals surface area contributed by atoms with Crippen LogP contribution in [0.3, 0.4) is 0 Å². The van der Waals surface area contributed by atoms with Crippen molar-refractivity contribution in [1.29, 1.82) is 0 Å². The van der Waals surface area contributed by atoms with Crippen molar-refractivity contribution in [2.24, 2.45) is 0 Å². The monoisotopic (exact) mass is 265 g/mol. The average molecular weight is 265 g/mol. The van der Waals surface area contributed by atoms with Crippen LogP contribution in [-0.2, 0) is 11.3 Å². The second kappa shape index (κ2) is 9.03. The average Bonchev–Trinajstić information content (AvgIpc) is 2.42. The van der Waals surface area contributed by atoms with Crippen molar-refractivity contribution in [2.45, 2.75) is 50.5 Å². The topological polar surface area (TPSA) is 29.1 Å². The molecular weight excluding hydrogens is 242 g/mol. The first-order chi connectivity index (χ1) is 8.76. The van der Waals surface area contributed by atoms with Crippen molar-refractivity contribution in [3.05, 3.63) is 29.8 Å². The van der Waals surface area contributed by atoms with E-state index in [1.54, 1.807) is 11.8 Å². The molecule has 0 atom stereocenters. The molecule has 0 saturated carbocycles. The molecule has 1 N–H and O–H groups in total.